The number of aromatic nitrogens is 2. The Kier molecular flexibility index (Phi) is 6.36. The van der Waals surface area contributed by atoms with Crippen LogP contribution in [0, 0.1) is 0 Å². The van der Waals surface area contributed by atoms with Crippen LogP contribution in [-0.2, 0) is 17.5 Å². The molecule has 3 aromatic carbocycles. The molecule has 1 unspecified atom stereocenters. The number of para-hydroxylation sites is 3. The van der Waals surface area contributed by atoms with E-state index in [4.69, 9.17) is 0 Å². The van der Waals surface area contributed by atoms with E-state index in [0.29, 0.717) is 0 Å². The van der Waals surface area contributed by atoms with Crippen molar-refractivity contribution in [3.05, 3.63) is 95.8 Å². The van der Waals surface area contributed by atoms with Crippen molar-refractivity contribution in [2.75, 3.05) is 5.32 Å². The second-order valence-corrected chi connectivity index (χ2v) is 7.71. The number of rotatable bonds is 6. The average molecular weight is 466 g/mol. The lowest BCUT2D eigenvalue weighted by Crippen LogP contribution is -2.28. The van der Waals surface area contributed by atoms with Crippen molar-refractivity contribution in [3.8, 4) is 0 Å². The topological polar surface area (TPSA) is 76.0 Å². The molecule has 34 heavy (non-hydrogen) atoms. The molecule has 1 aromatic heterocycles. The molecule has 0 aliphatic rings. The smallest absolute Gasteiger partial charge is 0.345 e. The second kappa shape index (κ2) is 9.38. The number of halogens is 3. The first-order valence-corrected chi connectivity index (χ1v) is 10.5. The van der Waals surface area contributed by atoms with Gasteiger partial charge in [0.25, 0.3) is 5.91 Å². The Balaban J connectivity index is 1.55. The Bertz CT molecular complexity index is 1330. The number of hydrogen-bond acceptors (Lipinski definition) is 3. The van der Waals surface area contributed by atoms with Crippen LogP contribution in [-0.4, -0.2) is 21.4 Å². The maximum absolute atomic E-state index is 13.5. The SMILES string of the molecule is CC(NC(=O)c1ccccc1NC(=O)Cn1c(C(F)(F)F)nc2ccccc21)c1ccccc1. The highest BCUT2D eigenvalue weighted by Crippen LogP contribution is 2.31. The summed E-state index contributed by atoms with van der Waals surface area (Å²) in [6, 6.07) is 21.5. The minimum atomic E-state index is -4.73. The van der Waals surface area contributed by atoms with Gasteiger partial charge >= 0.3 is 6.18 Å². The van der Waals surface area contributed by atoms with Crippen molar-refractivity contribution in [2.24, 2.45) is 0 Å². The first kappa shape index (κ1) is 23.0. The number of carbonyl (C=O) groups is 2. The van der Waals surface area contributed by atoms with Crippen LogP contribution in [0.1, 0.15) is 34.7 Å². The monoisotopic (exact) mass is 466 g/mol. The summed E-state index contributed by atoms with van der Waals surface area (Å²) in [7, 11) is 0. The van der Waals surface area contributed by atoms with Crippen LogP contribution < -0.4 is 10.6 Å². The molecule has 0 radical (unpaired) electrons. The molecule has 174 valence electrons. The van der Waals surface area contributed by atoms with Crippen LogP contribution in [0.4, 0.5) is 18.9 Å². The number of nitrogens with zero attached hydrogens (tertiary/aromatic N) is 2. The normalized spacial score (nSPS) is 12.4. The van der Waals surface area contributed by atoms with Crippen LogP contribution in [0.3, 0.4) is 0 Å². The van der Waals surface area contributed by atoms with Gasteiger partial charge in [-0.1, -0.05) is 54.6 Å². The summed E-state index contributed by atoms with van der Waals surface area (Å²) in [6.45, 7) is 1.21. The van der Waals surface area contributed by atoms with E-state index in [1.807, 2.05) is 37.3 Å². The number of amides is 2. The van der Waals surface area contributed by atoms with Crippen LogP contribution in [0.25, 0.3) is 11.0 Å². The highest BCUT2D eigenvalue weighted by atomic mass is 19.4. The molecule has 0 saturated carbocycles. The predicted molar refractivity (Wildman–Crippen MR) is 122 cm³/mol. The van der Waals surface area contributed by atoms with Gasteiger partial charge in [-0.2, -0.15) is 13.2 Å². The molecule has 6 nitrogen and oxygen atoms in total. The third-order valence-corrected chi connectivity index (χ3v) is 5.30. The third-order valence-electron chi connectivity index (χ3n) is 5.30. The van der Waals surface area contributed by atoms with E-state index in [-0.39, 0.29) is 28.3 Å². The largest absolute Gasteiger partial charge is 0.449 e. The van der Waals surface area contributed by atoms with Gasteiger partial charge < -0.3 is 15.2 Å². The number of benzene rings is 3. The van der Waals surface area contributed by atoms with E-state index in [1.165, 1.54) is 24.3 Å². The van der Waals surface area contributed by atoms with Crippen molar-refractivity contribution in [1.82, 2.24) is 14.9 Å². The summed E-state index contributed by atoms with van der Waals surface area (Å²) in [5.74, 6) is -2.30. The molecular weight excluding hydrogens is 445 g/mol. The molecule has 0 saturated heterocycles. The molecule has 9 heteroatoms. The quantitative estimate of drug-likeness (QED) is 0.411. The summed E-state index contributed by atoms with van der Waals surface area (Å²) in [5.41, 5.74) is 1.63. The molecule has 2 N–H and O–H groups in total. The van der Waals surface area contributed by atoms with E-state index in [0.717, 1.165) is 10.1 Å². The Labute approximate surface area is 193 Å². The number of hydrogen-bond donors (Lipinski definition) is 2. The van der Waals surface area contributed by atoms with Crippen molar-refractivity contribution in [3.63, 3.8) is 0 Å². The molecular formula is C25H21F3N4O2. The van der Waals surface area contributed by atoms with Gasteiger partial charge in [-0.3, -0.25) is 9.59 Å². The van der Waals surface area contributed by atoms with Crippen molar-refractivity contribution >= 4 is 28.5 Å². The molecule has 0 bridgehead atoms. The predicted octanol–water partition coefficient (Wildman–Crippen LogP) is 5.18. The fourth-order valence-corrected chi connectivity index (χ4v) is 3.67. The lowest BCUT2D eigenvalue weighted by atomic mass is 10.1. The molecule has 1 heterocycles. The van der Waals surface area contributed by atoms with E-state index >= 15 is 0 Å². The lowest BCUT2D eigenvalue weighted by molar-refractivity contribution is -0.147. The van der Waals surface area contributed by atoms with Crippen molar-refractivity contribution in [2.45, 2.75) is 25.7 Å². The first-order valence-electron chi connectivity index (χ1n) is 10.5. The van der Waals surface area contributed by atoms with Crippen LogP contribution in [0.2, 0.25) is 0 Å². The average Bonchev–Trinajstić information content (AvgIpc) is 3.19. The highest BCUT2D eigenvalue weighted by molar-refractivity contribution is 6.04. The van der Waals surface area contributed by atoms with Crippen LogP contribution >= 0.6 is 0 Å². The molecule has 4 rings (SSSR count). The number of nitrogens with one attached hydrogen (secondary N) is 2. The van der Waals surface area contributed by atoms with Gasteiger partial charge in [0, 0.05) is 0 Å². The first-order chi connectivity index (χ1) is 16.2. The fourth-order valence-electron chi connectivity index (χ4n) is 3.67. The molecule has 0 aliphatic carbocycles. The maximum Gasteiger partial charge on any atom is 0.449 e. The van der Waals surface area contributed by atoms with E-state index < -0.39 is 30.4 Å². The Morgan fingerprint density at radius 2 is 1.59 bits per heavy atom. The lowest BCUT2D eigenvalue weighted by Gasteiger charge is -2.17. The van der Waals surface area contributed by atoms with Gasteiger partial charge in [0.05, 0.1) is 28.3 Å². The van der Waals surface area contributed by atoms with Gasteiger partial charge in [-0.15, -0.1) is 0 Å². The molecule has 0 fully saturated rings. The Hall–Kier alpha value is -4.14. The van der Waals surface area contributed by atoms with Crippen LogP contribution in [0.5, 0.6) is 0 Å². The van der Waals surface area contributed by atoms with Gasteiger partial charge in [0.1, 0.15) is 6.54 Å². The highest BCUT2D eigenvalue weighted by Gasteiger charge is 2.38. The number of imidazole rings is 1. The van der Waals surface area contributed by atoms with Gasteiger partial charge in [0.15, 0.2) is 0 Å². The van der Waals surface area contributed by atoms with E-state index in [1.54, 1.807) is 24.3 Å². The molecule has 2 amide bonds. The second-order valence-electron chi connectivity index (χ2n) is 7.71. The zero-order valence-corrected chi connectivity index (χ0v) is 18.1. The maximum atomic E-state index is 13.5. The minimum Gasteiger partial charge on any atom is -0.345 e. The summed E-state index contributed by atoms with van der Waals surface area (Å²) >= 11 is 0. The number of carbonyl (C=O) groups excluding carboxylic acids is 2. The molecule has 0 aliphatic heterocycles. The Morgan fingerprint density at radius 3 is 2.32 bits per heavy atom. The number of anilines is 1. The summed E-state index contributed by atoms with van der Waals surface area (Å²) in [4.78, 5) is 29.3. The third kappa shape index (κ3) is 4.93. The van der Waals surface area contributed by atoms with Gasteiger partial charge in [-0.25, -0.2) is 4.98 Å². The van der Waals surface area contributed by atoms with Crippen molar-refractivity contribution in [1.29, 1.82) is 0 Å². The zero-order chi connectivity index (χ0) is 24.3. The molecule has 1 atom stereocenters. The van der Waals surface area contributed by atoms with Gasteiger partial charge in [0.2, 0.25) is 11.7 Å². The van der Waals surface area contributed by atoms with E-state index in [2.05, 4.69) is 15.6 Å². The summed E-state index contributed by atoms with van der Waals surface area (Å²) in [5, 5.41) is 5.44. The minimum absolute atomic E-state index is 0.136. The number of fused-ring (bicyclic) bond motifs is 1. The van der Waals surface area contributed by atoms with Crippen LogP contribution in [0.15, 0.2) is 78.9 Å². The number of alkyl halides is 3. The van der Waals surface area contributed by atoms with Gasteiger partial charge in [-0.05, 0) is 36.8 Å². The molecule has 4 aromatic rings. The fraction of sp³-hybridized carbons (Fsp3) is 0.160. The summed E-state index contributed by atoms with van der Waals surface area (Å²) in [6.07, 6.45) is -4.73. The standard InChI is InChI=1S/C25H21F3N4O2/c1-16(17-9-3-2-4-10-17)29-23(34)18-11-5-6-12-19(18)30-22(33)15-32-21-14-8-7-13-20(21)31-24(32)25(26,27)28/h2-14,16H,15H2,1H3,(H,29,34)(H,30,33). The Morgan fingerprint density at radius 1 is 0.941 bits per heavy atom. The molecule has 0 spiro atoms. The summed E-state index contributed by atoms with van der Waals surface area (Å²) < 4.78 is 41.4. The van der Waals surface area contributed by atoms with Crippen molar-refractivity contribution < 1.29 is 22.8 Å². The van der Waals surface area contributed by atoms with E-state index in [9.17, 15) is 22.8 Å². The zero-order valence-electron chi connectivity index (χ0n) is 18.1.